The van der Waals surface area contributed by atoms with Crippen LogP contribution in [0.5, 0.6) is 0 Å². The first-order valence-electron chi connectivity index (χ1n) is 8.22. The smallest absolute Gasteiger partial charge is 0.355 e. The fourth-order valence-electron chi connectivity index (χ4n) is 2.51. The van der Waals surface area contributed by atoms with Crippen molar-refractivity contribution in [3.8, 4) is 22.6 Å². The highest BCUT2D eigenvalue weighted by atomic mass is 32.1. The van der Waals surface area contributed by atoms with Gasteiger partial charge in [-0.05, 0) is 24.3 Å². The number of amides is 1. The van der Waals surface area contributed by atoms with Gasteiger partial charge in [-0.1, -0.05) is 17.3 Å². The predicted molar refractivity (Wildman–Crippen MR) is 100 cm³/mol. The molecule has 3 aromatic heterocycles. The molecule has 3 heterocycles. The Hall–Kier alpha value is -3.53. The zero-order chi connectivity index (χ0) is 20.4. The van der Waals surface area contributed by atoms with Gasteiger partial charge in [0.15, 0.2) is 16.6 Å². The third-order valence-electron chi connectivity index (χ3n) is 3.90. The van der Waals surface area contributed by atoms with Crippen molar-refractivity contribution >= 4 is 22.4 Å². The lowest BCUT2D eigenvalue weighted by molar-refractivity contribution is -0.137. The molecule has 29 heavy (non-hydrogen) atoms. The lowest BCUT2D eigenvalue weighted by atomic mass is 10.1. The van der Waals surface area contributed by atoms with Crippen LogP contribution in [0, 0.1) is 0 Å². The van der Waals surface area contributed by atoms with Crippen LogP contribution in [0.25, 0.3) is 22.6 Å². The van der Waals surface area contributed by atoms with E-state index in [-0.39, 0.29) is 10.8 Å². The summed E-state index contributed by atoms with van der Waals surface area (Å²) in [6, 6.07) is 9.79. The first-order chi connectivity index (χ1) is 13.9. The molecule has 0 atom stereocenters. The first kappa shape index (κ1) is 18.8. The van der Waals surface area contributed by atoms with Crippen LogP contribution < -0.4 is 5.32 Å². The number of carbonyl (C=O) groups is 1. The van der Waals surface area contributed by atoms with Gasteiger partial charge in [0, 0.05) is 35.0 Å². The number of halogens is 3. The third-order valence-corrected chi connectivity index (χ3v) is 4.66. The van der Waals surface area contributed by atoms with E-state index in [2.05, 4.69) is 20.4 Å². The minimum absolute atomic E-state index is 0.0414. The lowest BCUT2D eigenvalue weighted by Crippen LogP contribution is -2.11. The Morgan fingerprint density at radius 1 is 1.10 bits per heavy atom. The van der Waals surface area contributed by atoms with Crippen molar-refractivity contribution < 1.29 is 22.5 Å². The molecule has 1 aromatic carbocycles. The maximum atomic E-state index is 12.9. The molecule has 0 radical (unpaired) electrons. The number of nitrogens with one attached hydrogen (secondary N) is 1. The summed E-state index contributed by atoms with van der Waals surface area (Å²) in [5, 5.41) is 8.09. The normalized spacial score (nSPS) is 11.4. The van der Waals surface area contributed by atoms with Gasteiger partial charge in [0.2, 0.25) is 0 Å². The zero-order valence-corrected chi connectivity index (χ0v) is 15.3. The van der Waals surface area contributed by atoms with Gasteiger partial charge in [0.1, 0.15) is 0 Å². The number of nitrogens with zero attached hydrogens (tertiary/aromatic N) is 3. The second-order valence-corrected chi connectivity index (χ2v) is 6.75. The summed E-state index contributed by atoms with van der Waals surface area (Å²) >= 11 is 1.09. The monoisotopic (exact) mass is 416 g/mol. The molecule has 1 amide bonds. The second kappa shape index (κ2) is 7.47. The molecule has 0 saturated carbocycles. The summed E-state index contributed by atoms with van der Waals surface area (Å²) in [4.78, 5) is 20.5. The number of pyridine rings is 1. The first-order valence-corrected chi connectivity index (χ1v) is 9.10. The van der Waals surface area contributed by atoms with E-state index in [0.29, 0.717) is 22.6 Å². The van der Waals surface area contributed by atoms with E-state index in [1.54, 1.807) is 29.9 Å². The summed E-state index contributed by atoms with van der Waals surface area (Å²) in [5.74, 6) is -0.166. The standard InChI is InChI=1S/C19H11F3N4O2S/c20-19(21,22)13-5-1-3-11(7-13)15-10-29-18(24-15)25-17(27)14-8-16(28-26-14)12-4-2-6-23-9-12/h1-10H,(H,24,25,27). The van der Waals surface area contributed by atoms with Crippen molar-refractivity contribution in [1.29, 1.82) is 0 Å². The summed E-state index contributed by atoms with van der Waals surface area (Å²) in [7, 11) is 0. The highest BCUT2D eigenvalue weighted by molar-refractivity contribution is 7.14. The molecule has 0 aliphatic rings. The van der Waals surface area contributed by atoms with E-state index in [1.807, 2.05) is 0 Å². The van der Waals surface area contributed by atoms with Crippen molar-refractivity contribution in [2.75, 3.05) is 5.32 Å². The molecule has 0 aliphatic heterocycles. The van der Waals surface area contributed by atoms with Crippen molar-refractivity contribution in [3.63, 3.8) is 0 Å². The fourth-order valence-corrected chi connectivity index (χ4v) is 3.22. The molecular weight excluding hydrogens is 405 g/mol. The Morgan fingerprint density at radius 3 is 2.69 bits per heavy atom. The summed E-state index contributed by atoms with van der Waals surface area (Å²) in [5.41, 5.74) is 0.573. The van der Waals surface area contributed by atoms with Gasteiger partial charge in [-0.2, -0.15) is 13.2 Å². The Bertz CT molecular complexity index is 1160. The molecular formula is C19H11F3N4O2S. The Kier molecular flexibility index (Phi) is 4.85. The number of carbonyl (C=O) groups excluding carboxylic acids is 1. The largest absolute Gasteiger partial charge is 0.416 e. The number of benzene rings is 1. The molecule has 1 N–H and O–H groups in total. The molecule has 6 nitrogen and oxygen atoms in total. The van der Waals surface area contributed by atoms with E-state index in [4.69, 9.17) is 4.52 Å². The maximum Gasteiger partial charge on any atom is 0.416 e. The Morgan fingerprint density at radius 2 is 1.93 bits per heavy atom. The molecule has 0 saturated heterocycles. The van der Waals surface area contributed by atoms with E-state index >= 15 is 0 Å². The minimum Gasteiger partial charge on any atom is -0.355 e. The van der Waals surface area contributed by atoms with E-state index in [9.17, 15) is 18.0 Å². The molecule has 0 unspecified atom stereocenters. The number of hydrogen-bond acceptors (Lipinski definition) is 6. The number of rotatable bonds is 4. The predicted octanol–water partition coefficient (Wildman–Crippen LogP) is 5.13. The zero-order valence-electron chi connectivity index (χ0n) is 14.5. The van der Waals surface area contributed by atoms with Gasteiger partial charge < -0.3 is 4.52 Å². The van der Waals surface area contributed by atoms with E-state index in [0.717, 1.165) is 23.5 Å². The average molecular weight is 416 g/mol. The van der Waals surface area contributed by atoms with Crippen molar-refractivity contribution in [2.45, 2.75) is 6.18 Å². The van der Waals surface area contributed by atoms with Gasteiger partial charge >= 0.3 is 6.18 Å². The number of alkyl halides is 3. The van der Waals surface area contributed by atoms with Crippen LogP contribution in [0.2, 0.25) is 0 Å². The highest BCUT2D eigenvalue weighted by Crippen LogP contribution is 2.33. The van der Waals surface area contributed by atoms with Crippen LogP contribution in [0.4, 0.5) is 18.3 Å². The van der Waals surface area contributed by atoms with Crippen molar-refractivity contribution in [2.24, 2.45) is 0 Å². The van der Waals surface area contributed by atoms with Crippen molar-refractivity contribution in [3.05, 3.63) is 71.5 Å². The molecule has 0 bridgehead atoms. The van der Waals surface area contributed by atoms with Crippen LogP contribution in [0.15, 0.2) is 64.8 Å². The maximum absolute atomic E-state index is 12.9. The topological polar surface area (TPSA) is 80.9 Å². The minimum atomic E-state index is -4.44. The van der Waals surface area contributed by atoms with Crippen LogP contribution >= 0.6 is 11.3 Å². The lowest BCUT2D eigenvalue weighted by Gasteiger charge is -2.07. The van der Waals surface area contributed by atoms with Gasteiger partial charge in [-0.25, -0.2) is 4.98 Å². The summed E-state index contributed by atoms with van der Waals surface area (Å²) in [6.07, 6.45) is -1.26. The molecule has 10 heteroatoms. The van der Waals surface area contributed by atoms with Gasteiger partial charge in [-0.15, -0.1) is 11.3 Å². The molecule has 0 spiro atoms. The average Bonchev–Trinajstić information content (AvgIpc) is 3.38. The van der Waals surface area contributed by atoms with Crippen LogP contribution in [-0.4, -0.2) is 21.0 Å². The quantitative estimate of drug-likeness (QED) is 0.499. The third kappa shape index (κ3) is 4.16. The van der Waals surface area contributed by atoms with Gasteiger partial charge in [0.05, 0.1) is 11.3 Å². The van der Waals surface area contributed by atoms with E-state index in [1.165, 1.54) is 18.2 Å². The highest BCUT2D eigenvalue weighted by Gasteiger charge is 2.30. The SMILES string of the molecule is O=C(Nc1nc(-c2cccc(C(F)(F)F)c2)cs1)c1cc(-c2cccnc2)on1. The second-order valence-electron chi connectivity index (χ2n) is 5.89. The van der Waals surface area contributed by atoms with Crippen LogP contribution in [0.1, 0.15) is 16.1 Å². The fraction of sp³-hybridized carbons (Fsp3) is 0.0526. The summed E-state index contributed by atoms with van der Waals surface area (Å²) in [6.45, 7) is 0. The number of aromatic nitrogens is 3. The van der Waals surface area contributed by atoms with Crippen LogP contribution in [-0.2, 0) is 6.18 Å². The Balaban J connectivity index is 1.50. The number of thiazole rings is 1. The van der Waals surface area contributed by atoms with Crippen LogP contribution in [0.3, 0.4) is 0 Å². The summed E-state index contributed by atoms with van der Waals surface area (Å²) < 4.78 is 43.8. The van der Waals surface area contributed by atoms with Crippen molar-refractivity contribution in [1.82, 2.24) is 15.1 Å². The van der Waals surface area contributed by atoms with E-state index < -0.39 is 17.6 Å². The number of anilines is 1. The van der Waals surface area contributed by atoms with Gasteiger partial charge in [-0.3, -0.25) is 15.1 Å². The molecule has 0 fully saturated rings. The molecule has 146 valence electrons. The molecule has 4 rings (SSSR count). The Labute approximate surface area is 166 Å². The van der Waals surface area contributed by atoms with Gasteiger partial charge in [0.25, 0.3) is 5.91 Å². The number of hydrogen-bond donors (Lipinski definition) is 1. The molecule has 0 aliphatic carbocycles. The molecule has 4 aromatic rings.